The third kappa shape index (κ3) is 4.38. The summed E-state index contributed by atoms with van der Waals surface area (Å²) in [6, 6.07) is 0. The van der Waals surface area contributed by atoms with Gasteiger partial charge in [-0.3, -0.25) is 4.79 Å². The number of hydrogen-bond acceptors (Lipinski definition) is 1. The summed E-state index contributed by atoms with van der Waals surface area (Å²) in [6.45, 7) is -0.716. The van der Waals surface area contributed by atoms with Gasteiger partial charge in [0.05, 0.1) is 0 Å². The summed E-state index contributed by atoms with van der Waals surface area (Å²) in [6.07, 6.45) is -8.11. The van der Waals surface area contributed by atoms with E-state index in [4.69, 9.17) is 0 Å². The van der Waals surface area contributed by atoms with E-state index in [9.17, 15) is 106 Å². The molecule has 39 heavy (non-hydrogen) atoms. The SMILES string of the molecule is CCNC(=O)C(F)(F)C(F)(F)C(F)(F)C(F)(F)C(F)(F)C(F)(F)C(F)(F)C(F)(F)C(F)(F)C(F)(F)C(F)(F)F. The van der Waals surface area contributed by atoms with Crippen LogP contribution >= 0.6 is 0 Å². The van der Waals surface area contributed by atoms with Gasteiger partial charge in [-0.1, -0.05) is 0 Å². The molecule has 0 saturated heterocycles. The molecular formula is C14H6F23NO. The quantitative estimate of drug-likeness (QED) is 0.241. The van der Waals surface area contributed by atoms with Gasteiger partial charge in [0, 0.05) is 6.54 Å². The van der Waals surface area contributed by atoms with Gasteiger partial charge in [-0.05, 0) is 6.92 Å². The Morgan fingerprint density at radius 2 is 0.615 bits per heavy atom. The number of amides is 1. The first-order chi connectivity index (χ1) is 16.5. The van der Waals surface area contributed by atoms with Gasteiger partial charge in [0.1, 0.15) is 0 Å². The van der Waals surface area contributed by atoms with E-state index >= 15 is 0 Å². The van der Waals surface area contributed by atoms with Gasteiger partial charge in [-0.2, -0.15) is 101 Å². The highest BCUT2D eigenvalue weighted by molar-refractivity contribution is 5.84. The molecule has 0 atom stereocenters. The second-order valence-electron chi connectivity index (χ2n) is 7.10. The van der Waals surface area contributed by atoms with Crippen LogP contribution in [0.2, 0.25) is 0 Å². The van der Waals surface area contributed by atoms with Gasteiger partial charge in [0.15, 0.2) is 0 Å². The molecule has 1 amide bonds. The molecule has 0 aromatic carbocycles. The smallest absolute Gasteiger partial charge is 0.351 e. The molecule has 0 aliphatic rings. The molecule has 0 aliphatic heterocycles. The summed E-state index contributed by atoms with van der Waals surface area (Å²) in [7, 11) is 0. The Bertz CT molecular complexity index is 914. The Hall–Kier alpha value is -2.14. The number of rotatable bonds is 11. The first-order valence-corrected chi connectivity index (χ1v) is 8.61. The molecule has 0 heterocycles. The van der Waals surface area contributed by atoms with E-state index in [1.54, 1.807) is 0 Å². The molecule has 0 spiro atoms. The van der Waals surface area contributed by atoms with Gasteiger partial charge < -0.3 is 5.32 Å². The lowest BCUT2D eigenvalue weighted by Gasteiger charge is -2.45. The third-order valence-electron chi connectivity index (χ3n) is 4.53. The highest BCUT2D eigenvalue weighted by Gasteiger charge is 2.99. The summed E-state index contributed by atoms with van der Waals surface area (Å²) in [5.41, 5.74) is 0. The first-order valence-electron chi connectivity index (χ1n) is 8.61. The van der Waals surface area contributed by atoms with E-state index in [1.807, 2.05) is 0 Å². The molecular weight excluding hydrogens is 635 g/mol. The lowest BCUT2D eigenvalue weighted by atomic mass is 9.85. The fraction of sp³-hybridized carbons (Fsp3) is 0.929. The molecule has 0 bridgehead atoms. The number of alkyl halides is 23. The van der Waals surface area contributed by atoms with Crippen molar-refractivity contribution in [3.63, 3.8) is 0 Å². The van der Waals surface area contributed by atoms with Gasteiger partial charge in [-0.25, -0.2) is 0 Å². The molecule has 0 aromatic rings. The molecule has 1 N–H and O–H groups in total. The molecule has 0 rings (SSSR count). The van der Waals surface area contributed by atoms with E-state index < -0.39 is 77.9 Å². The van der Waals surface area contributed by atoms with E-state index in [0.29, 0.717) is 12.2 Å². The van der Waals surface area contributed by atoms with Crippen molar-refractivity contribution < 1.29 is 106 Å². The average Bonchev–Trinajstić information content (AvgIpc) is 2.71. The normalized spacial score (nSPS) is 16.4. The summed E-state index contributed by atoms with van der Waals surface area (Å²) < 4.78 is 303. The van der Waals surface area contributed by atoms with Gasteiger partial charge >= 0.3 is 65.4 Å². The fourth-order valence-corrected chi connectivity index (χ4v) is 2.17. The van der Waals surface area contributed by atoms with Crippen molar-refractivity contribution in [1.29, 1.82) is 0 Å². The Morgan fingerprint density at radius 1 is 0.410 bits per heavy atom. The lowest BCUT2D eigenvalue weighted by Crippen LogP contribution is -2.78. The van der Waals surface area contributed by atoms with Crippen LogP contribution in [0.25, 0.3) is 0 Å². The van der Waals surface area contributed by atoms with Crippen LogP contribution in [-0.4, -0.2) is 77.9 Å². The highest BCUT2D eigenvalue weighted by atomic mass is 19.4. The largest absolute Gasteiger partial charge is 0.460 e. The van der Waals surface area contributed by atoms with Crippen LogP contribution in [0.3, 0.4) is 0 Å². The van der Waals surface area contributed by atoms with Gasteiger partial charge in [0.2, 0.25) is 0 Å². The minimum absolute atomic E-state index is 0.523. The van der Waals surface area contributed by atoms with E-state index in [1.165, 1.54) is 0 Å². The monoisotopic (exact) mass is 641 g/mol. The predicted molar refractivity (Wildman–Crippen MR) is 74.2 cm³/mol. The van der Waals surface area contributed by atoms with Crippen molar-refractivity contribution in [3.05, 3.63) is 0 Å². The summed E-state index contributed by atoms with van der Waals surface area (Å²) >= 11 is 0. The molecule has 0 fully saturated rings. The minimum Gasteiger partial charge on any atom is -0.351 e. The maximum atomic E-state index is 13.6. The molecule has 234 valence electrons. The lowest BCUT2D eigenvalue weighted by molar-refractivity contribution is -0.477. The zero-order valence-corrected chi connectivity index (χ0v) is 17.3. The van der Waals surface area contributed by atoms with Crippen molar-refractivity contribution in [2.24, 2.45) is 0 Å². The van der Waals surface area contributed by atoms with Crippen molar-refractivity contribution in [1.82, 2.24) is 5.32 Å². The molecule has 0 saturated carbocycles. The number of halogens is 23. The first kappa shape index (κ1) is 36.9. The number of carbonyl (C=O) groups is 1. The number of hydrogen-bond donors (Lipinski definition) is 1. The van der Waals surface area contributed by atoms with Crippen molar-refractivity contribution in [2.45, 2.75) is 72.3 Å². The topological polar surface area (TPSA) is 29.1 Å². The molecule has 0 unspecified atom stereocenters. The standard InChI is InChI=1S/C14H6F23NO/c1-2-38-3(39)4(15,16)5(17,18)6(19,20)7(21,22)8(23,24)9(25,26)10(27,28)11(29,30)12(31,32)13(33,34)14(35,36)37/h2H2,1H3,(H,38,39). The molecule has 0 aromatic heterocycles. The summed E-state index contributed by atoms with van der Waals surface area (Å²) in [4.78, 5) is 10.8. The summed E-state index contributed by atoms with van der Waals surface area (Å²) in [5, 5.41) is 0.523. The Kier molecular flexibility index (Phi) is 8.69. The number of carbonyl (C=O) groups excluding carboxylic acids is 1. The van der Waals surface area contributed by atoms with Gasteiger partial charge in [0.25, 0.3) is 5.91 Å². The van der Waals surface area contributed by atoms with Crippen LogP contribution < -0.4 is 5.32 Å². The van der Waals surface area contributed by atoms with Gasteiger partial charge in [-0.15, -0.1) is 0 Å². The predicted octanol–water partition coefficient (Wildman–Crippen LogP) is 7.04. The third-order valence-corrected chi connectivity index (χ3v) is 4.53. The van der Waals surface area contributed by atoms with Crippen LogP contribution in [0.5, 0.6) is 0 Å². The molecule has 0 radical (unpaired) electrons. The van der Waals surface area contributed by atoms with Crippen molar-refractivity contribution in [3.8, 4) is 0 Å². The zero-order valence-electron chi connectivity index (χ0n) is 17.3. The maximum Gasteiger partial charge on any atom is 0.460 e. The number of nitrogens with one attached hydrogen (secondary N) is 1. The van der Waals surface area contributed by atoms with E-state index in [-0.39, 0.29) is 0 Å². The Labute approximate surface area is 197 Å². The minimum atomic E-state index is -9.46. The van der Waals surface area contributed by atoms with Crippen LogP contribution in [-0.2, 0) is 4.79 Å². The van der Waals surface area contributed by atoms with Crippen LogP contribution in [0.4, 0.5) is 101 Å². The highest BCUT2D eigenvalue weighted by Crippen LogP contribution is 2.67. The second-order valence-corrected chi connectivity index (χ2v) is 7.10. The van der Waals surface area contributed by atoms with E-state index in [0.717, 1.165) is 0 Å². The Balaban J connectivity index is 7.23. The fourth-order valence-electron chi connectivity index (χ4n) is 2.17. The maximum absolute atomic E-state index is 13.6. The molecule has 0 aliphatic carbocycles. The average molecular weight is 641 g/mol. The zero-order chi connectivity index (χ0) is 32.5. The van der Waals surface area contributed by atoms with Crippen LogP contribution in [0.1, 0.15) is 6.92 Å². The van der Waals surface area contributed by atoms with Crippen LogP contribution in [0.15, 0.2) is 0 Å². The van der Waals surface area contributed by atoms with E-state index in [2.05, 4.69) is 0 Å². The van der Waals surface area contributed by atoms with Crippen molar-refractivity contribution in [2.75, 3.05) is 6.54 Å². The summed E-state index contributed by atoms with van der Waals surface area (Å²) in [5.74, 6) is -92.7. The van der Waals surface area contributed by atoms with Crippen LogP contribution in [0, 0.1) is 0 Å². The second kappa shape index (κ2) is 9.19. The van der Waals surface area contributed by atoms with Crippen molar-refractivity contribution >= 4 is 5.91 Å². The Morgan fingerprint density at radius 3 is 0.821 bits per heavy atom. The molecule has 25 heteroatoms. The molecule has 2 nitrogen and oxygen atoms in total.